The number of nitrogens with zero attached hydrogens (tertiary/aromatic N) is 4. The van der Waals surface area contributed by atoms with Crippen molar-refractivity contribution in [1.82, 2.24) is 14.4 Å². The van der Waals surface area contributed by atoms with E-state index in [-0.39, 0.29) is 28.0 Å². The van der Waals surface area contributed by atoms with Crippen molar-refractivity contribution in [2.45, 2.75) is 19.4 Å². The molecular formula is C22H16F2N4O. The van der Waals surface area contributed by atoms with Crippen LogP contribution in [0.5, 0.6) is 0 Å². The summed E-state index contributed by atoms with van der Waals surface area (Å²) in [4.78, 5) is 8.53. The Morgan fingerprint density at radius 3 is 2.48 bits per heavy atom. The fourth-order valence-corrected chi connectivity index (χ4v) is 3.18. The van der Waals surface area contributed by atoms with Crippen molar-refractivity contribution in [1.29, 1.82) is 5.26 Å². The molecule has 2 aromatic heterocycles. The van der Waals surface area contributed by atoms with E-state index < -0.39 is 17.2 Å². The third-order valence-electron chi connectivity index (χ3n) is 4.67. The molecule has 0 amide bonds. The Kier molecular flexibility index (Phi) is 4.36. The lowest BCUT2D eigenvalue weighted by Gasteiger charge is -2.16. The molecule has 4 aromatic rings. The Hall–Kier alpha value is -3.63. The molecule has 7 heteroatoms. The second-order valence-corrected chi connectivity index (χ2v) is 7.15. The molecule has 0 unspecified atom stereocenters. The van der Waals surface area contributed by atoms with Crippen molar-refractivity contribution >= 4 is 5.78 Å². The zero-order valence-corrected chi connectivity index (χ0v) is 15.7. The number of halogens is 2. The highest BCUT2D eigenvalue weighted by Gasteiger charge is 2.21. The van der Waals surface area contributed by atoms with Crippen LogP contribution < -0.4 is 0 Å². The lowest BCUT2D eigenvalue weighted by molar-refractivity contribution is 0.0739. The van der Waals surface area contributed by atoms with Gasteiger partial charge in [-0.25, -0.2) is 18.7 Å². The Morgan fingerprint density at radius 1 is 1.03 bits per heavy atom. The quantitative estimate of drug-likeness (QED) is 0.561. The van der Waals surface area contributed by atoms with Crippen LogP contribution >= 0.6 is 0 Å². The van der Waals surface area contributed by atoms with Crippen molar-refractivity contribution in [2.24, 2.45) is 0 Å². The zero-order chi connectivity index (χ0) is 20.8. The molecule has 2 heterocycles. The van der Waals surface area contributed by atoms with E-state index in [0.717, 1.165) is 6.07 Å². The molecule has 0 aliphatic heterocycles. The van der Waals surface area contributed by atoms with Crippen molar-refractivity contribution in [3.8, 4) is 28.5 Å². The van der Waals surface area contributed by atoms with E-state index in [1.54, 1.807) is 48.7 Å². The molecule has 0 atom stereocenters. The monoisotopic (exact) mass is 390 g/mol. The first-order chi connectivity index (χ1) is 13.8. The minimum atomic E-state index is -1.15. The number of imidazole rings is 1. The predicted octanol–water partition coefficient (Wildman–Crippen LogP) is 4.44. The molecule has 0 aliphatic carbocycles. The summed E-state index contributed by atoms with van der Waals surface area (Å²) >= 11 is 0. The summed E-state index contributed by atoms with van der Waals surface area (Å²) in [5.41, 5.74) is 0.370. The highest BCUT2D eigenvalue weighted by molar-refractivity contribution is 5.78. The van der Waals surface area contributed by atoms with Gasteiger partial charge in [0.25, 0.3) is 0 Å². The van der Waals surface area contributed by atoms with Gasteiger partial charge >= 0.3 is 0 Å². The summed E-state index contributed by atoms with van der Waals surface area (Å²) in [7, 11) is 0. The summed E-state index contributed by atoms with van der Waals surface area (Å²) in [5.74, 6) is -0.845. The van der Waals surface area contributed by atoms with E-state index in [0.29, 0.717) is 11.4 Å². The van der Waals surface area contributed by atoms with Crippen LogP contribution in [0.15, 0.2) is 54.9 Å². The maximum absolute atomic E-state index is 14.8. The largest absolute Gasteiger partial charge is 0.384 e. The SMILES string of the molecule is CC(C)(O)c1ccn2c(-c3cc(-c4ccccc4F)c(C#N)cc3F)cnc2n1. The van der Waals surface area contributed by atoms with Gasteiger partial charge in [-0.15, -0.1) is 0 Å². The molecule has 144 valence electrons. The molecule has 4 rings (SSSR count). The normalized spacial score (nSPS) is 11.6. The Morgan fingerprint density at radius 2 is 1.79 bits per heavy atom. The van der Waals surface area contributed by atoms with Crippen LogP contribution in [0.1, 0.15) is 25.1 Å². The molecule has 2 aromatic carbocycles. The number of benzene rings is 2. The summed E-state index contributed by atoms with van der Waals surface area (Å²) in [6.07, 6.45) is 3.09. The van der Waals surface area contributed by atoms with Gasteiger partial charge in [0.15, 0.2) is 0 Å². The Labute approximate surface area is 165 Å². The molecule has 1 N–H and O–H groups in total. The topological polar surface area (TPSA) is 74.2 Å². The van der Waals surface area contributed by atoms with Crippen LogP contribution in [-0.2, 0) is 5.60 Å². The van der Waals surface area contributed by atoms with Gasteiger partial charge in [-0.05, 0) is 38.1 Å². The Balaban J connectivity index is 1.93. The van der Waals surface area contributed by atoms with Crippen molar-refractivity contribution in [3.63, 3.8) is 0 Å². The summed E-state index contributed by atoms with van der Waals surface area (Å²) in [6, 6.07) is 12.1. The van der Waals surface area contributed by atoms with E-state index >= 15 is 0 Å². The highest BCUT2D eigenvalue weighted by atomic mass is 19.1. The maximum atomic E-state index is 14.8. The Bertz CT molecular complexity index is 1280. The fraction of sp³-hybridized carbons (Fsp3) is 0.136. The van der Waals surface area contributed by atoms with Crippen LogP contribution in [0.3, 0.4) is 0 Å². The van der Waals surface area contributed by atoms with Crippen LogP contribution in [0.4, 0.5) is 8.78 Å². The highest BCUT2D eigenvalue weighted by Crippen LogP contribution is 2.33. The lowest BCUT2D eigenvalue weighted by atomic mass is 9.96. The summed E-state index contributed by atoms with van der Waals surface area (Å²) in [6.45, 7) is 3.22. The van der Waals surface area contributed by atoms with E-state index in [2.05, 4.69) is 9.97 Å². The lowest BCUT2D eigenvalue weighted by Crippen LogP contribution is -2.18. The molecule has 0 radical (unpaired) electrons. The van der Waals surface area contributed by atoms with Crippen molar-refractivity contribution < 1.29 is 13.9 Å². The molecule has 0 saturated heterocycles. The van der Waals surface area contributed by atoms with E-state index in [4.69, 9.17) is 0 Å². The van der Waals surface area contributed by atoms with Gasteiger partial charge in [0.2, 0.25) is 5.78 Å². The molecule has 29 heavy (non-hydrogen) atoms. The van der Waals surface area contributed by atoms with Gasteiger partial charge in [-0.3, -0.25) is 4.40 Å². The number of fused-ring (bicyclic) bond motifs is 1. The van der Waals surface area contributed by atoms with Gasteiger partial charge in [0, 0.05) is 22.9 Å². The standard InChI is InChI=1S/C22H16F2N4O/c1-22(2,29)20-7-8-28-19(12-26-21(28)27-20)16-10-15(13(11-25)9-18(16)24)14-5-3-4-6-17(14)23/h3-10,12,29H,1-2H3. The first-order valence-corrected chi connectivity index (χ1v) is 8.85. The zero-order valence-electron chi connectivity index (χ0n) is 15.7. The molecule has 0 aliphatic rings. The van der Waals surface area contributed by atoms with Gasteiger partial charge in [-0.2, -0.15) is 5.26 Å². The fourth-order valence-electron chi connectivity index (χ4n) is 3.18. The number of rotatable bonds is 3. The number of aromatic nitrogens is 3. The van der Waals surface area contributed by atoms with Crippen LogP contribution in [-0.4, -0.2) is 19.5 Å². The summed E-state index contributed by atoms with van der Waals surface area (Å²) < 4.78 is 30.7. The first kappa shape index (κ1) is 18.7. The van der Waals surface area contributed by atoms with Crippen LogP contribution in [0.2, 0.25) is 0 Å². The number of hydrogen-bond acceptors (Lipinski definition) is 4. The van der Waals surface area contributed by atoms with Crippen molar-refractivity contribution in [2.75, 3.05) is 0 Å². The van der Waals surface area contributed by atoms with Crippen molar-refractivity contribution in [3.05, 3.63) is 77.8 Å². The third kappa shape index (κ3) is 3.24. The predicted molar refractivity (Wildman–Crippen MR) is 104 cm³/mol. The van der Waals surface area contributed by atoms with Crippen LogP contribution in [0.25, 0.3) is 28.2 Å². The molecule has 0 bridgehead atoms. The van der Waals surface area contributed by atoms with Gasteiger partial charge in [-0.1, -0.05) is 18.2 Å². The number of hydrogen-bond donors (Lipinski definition) is 1. The number of aliphatic hydroxyl groups is 1. The number of nitriles is 1. The second-order valence-electron chi connectivity index (χ2n) is 7.15. The average molecular weight is 390 g/mol. The minimum Gasteiger partial charge on any atom is -0.384 e. The molecule has 0 fully saturated rings. The van der Waals surface area contributed by atoms with Gasteiger partial charge in [0.05, 0.1) is 29.2 Å². The van der Waals surface area contributed by atoms with Gasteiger partial charge < -0.3 is 5.11 Å². The maximum Gasteiger partial charge on any atom is 0.234 e. The smallest absolute Gasteiger partial charge is 0.234 e. The molecular weight excluding hydrogens is 374 g/mol. The average Bonchev–Trinajstić information content (AvgIpc) is 3.11. The van der Waals surface area contributed by atoms with E-state index in [9.17, 15) is 19.1 Å². The summed E-state index contributed by atoms with van der Waals surface area (Å²) in [5, 5.41) is 19.5. The van der Waals surface area contributed by atoms with E-state index in [1.165, 1.54) is 18.3 Å². The van der Waals surface area contributed by atoms with E-state index in [1.807, 2.05) is 6.07 Å². The first-order valence-electron chi connectivity index (χ1n) is 8.85. The molecule has 0 spiro atoms. The minimum absolute atomic E-state index is 0.0348. The van der Waals surface area contributed by atoms with Crippen LogP contribution in [0, 0.1) is 23.0 Å². The second kappa shape index (κ2) is 6.76. The molecule has 0 saturated carbocycles. The molecule has 5 nitrogen and oxygen atoms in total. The third-order valence-corrected chi connectivity index (χ3v) is 4.67. The van der Waals surface area contributed by atoms with Gasteiger partial charge in [0.1, 0.15) is 17.2 Å².